The molecule has 0 aliphatic rings. The normalized spacial score (nSPS) is 8.83. The van der Waals surface area contributed by atoms with Gasteiger partial charge in [-0.15, -0.1) is 0 Å². The number of quaternary nitrogens is 1. The van der Waals surface area contributed by atoms with E-state index in [4.69, 9.17) is 76.6 Å². The number of aromatic nitrogens is 4. The summed E-state index contributed by atoms with van der Waals surface area (Å²) in [5, 5.41) is 78.8. The van der Waals surface area contributed by atoms with Crippen LogP contribution in [0.2, 0.25) is 0 Å². The minimum absolute atomic E-state index is 0. The topological polar surface area (TPSA) is 440 Å². The minimum Gasteiger partial charge on any atom is -0.369 e. The number of hydrogen-bond donors (Lipinski definition) is 2. The third-order valence-electron chi connectivity index (χ3n) is 5.71. The van der Waals surface area contributed by atoms with Crippen LogP contribution in [-0.2, 0) is 20.0 Å². The van der Waals surface area contributed by atoms with Crippen LogP contribution in [0.5, 0.6) is 0 Å². The predicted octanol–water partition coefficient (Wildman–Crippen LogP) is 2.91. The van der Waals surface area contributed by atoms with Gasteiger partial charge >= 0.3 is 47.4 Å². The van der Waals surface area contributed by atoms with Crippen LogP contribution in [0.1, 0.15) is 16.8 Å². The average molecular weight is 891 g/mol. The van der Waals surface area contributed by atoms with Gasteiger partial charge in [0.05, 0.1) is 37.7 Å². The molecule has 0 spiro atoms. The Kier molecular flexibility index (Phi) is 25.6. The Morgan fingerprint density at radius 3 is 1.37 bits per heavy atom. The number of nitrogens with one attached hydrogen (secondary N) is 1. The first-order valence-electron chi connectivity index (χ1n) is 13.2. The van der Waals surface area contributed by atoms with Crippen molar-refractivity contribution >= 4 is 11.0 Å². The van der Waals surface area contributed by atoms with Crippen molar-refractivity contribution < 1.29 is 67.2 Å². The van der Waals surface area contributed by atoms with Crippen molar-refractivity contribution in [3.05, 3.63) is 199 Å². The summed E-state index contributed by atoms with van der Waals surface area (Å²) in [5.41, 5.74) is 4.75. The van der Waals surface area contributed by atoms with Crippen molar-refractivity contribution in [3.8, 4) is 11.1 Å². The zero-order chi connectivity index (χ0) is 40.0. The van der Waals surface area contributed by atoms with Gasteiger partial charge < -0.3 is 82.8 Å². The quantitative estimate of drug-likeness (QED) is 0.189. The third-order valence-corrected chi connectivity index (χ3v) is 5.71. The van der Waals surface area contributed by atoms with Crippen LogP contribution >= 0.6 is 0 Å². The number of H-pyrrole nitrogens is 1. The fourth-order valence-corrected chi connectivity index (χ4v) is 3.96. The Bertz CT molecular complexity index is 1950. The Morgan fingerprint density at radius 2 is 0.963 bits per heavy atom. The fraction of sp³-hybridized carbons (Fsp3) is 0.115. The molecule has 0 aliphatic carbocycles. The van der Waals surface area contributed by atoms with E-state index < -0.39 is 31.1 Å². The molecule has 0 atom stereocenters. The molecule has 0 fully saturated rings. The van der Waals surface area contributed by atoms with E-state index >= 15 is 0 Å². The van der Waals surface area contributed by atoms with Gasteiger partial charge in [0, 0.05) is 13.5 Å². The van der Waals surface area contributed by atoms with Gasteiger partial charge in [-0.25, -0.2) is 4.79 Å². The largest absolute Gasteiger partial charge is 4.00 e. The predicted molar refractivity (Wildman–Crippen MR) is 184 cm³/mol. The average Bonchev–Trinajstić information content (AvgIpc) is 3.35. The summed E-state index contributed by atoms with van der Waals surface area (Å²) >= 11 is 0. The molecule has 5 aromatic rings. The van der Waals surface area contributed by atoms with E-state index in [1.807, 2.05) is 53.2 Å². The molecule has 3 aromatic carbocycles. The van der Waals surface area contributed by atoms with Gasteiger partial charge in [-0.2, -0.15) is 5.10 Å². The van der Waals surface area contributed by atoms with Gasteiger partial charge in [0.2, 0.25) is 0 Å². The molecule has 0 bridgehead atoms. The second-order valence-electron chi connectivity index (χ2n) is 8.97. The molecular weight excluding hydrogens is 864 g/mol. The molecule has 2 aromatic heterocycles. The van der Waals surface area contributed by atoms with Crippen molar-refractivity contribution in [2.24, 2.45) is 7.05 Å². The Balaban J connectivity index is -0.000000988. The maximum Gasteiger partial charge on any atom is 4.00 e. The van der Waals surface area contributed by atoms with Crippen molar-refractivity contribution in [2.45, 2.75) is 13.0 Å². The molecule has 0 unspecified atom stereocenters. The monoisotopic (exact) mass is 890 g/mol. The summed E-state index contributed by atoms with van der Waals surface area (Å²) in [6, 6.07) is 28.5. The molecule has 2 heterocycles. The van der Waals surface area contributed by atoms with Crippen LogP contribution in [0.3, 0.4) is 0 Å². The second-order valence-corrected chi connectivity index (χ2v) is 8.97. The first-order valence-corrected chi connectivity index (χ1v) is 13.2. The summed E-state index contributed by atoms with van der Waals surface area (Å²) in [6.45, 7) is 0.497. The van der Waals surface area contributed by atoms with E-state index in [2.05, 4.69) is 46.5 Å². The number of benzene rings is 3. The zero-order valence-corrected chi connectivity index (χ0v) is 30.7. The maximum absolute atomic E-state index is 12.9. The van der Waals surface area contributed by atoms with Gasteiger partial charge in [0.1, 0.15) is 5.39 Å². The Morgan fingerprint density at radius 1 is 0.593 bits per heavy atom. The number of nitrogens with zero attached hydrogens (tertiary/aromatic N) is 8. The molecule has 286 valence electrons. The molecule has 28 heteroatoms. The van der Waals surface area contributed by atoms with Crippen LogP contribution in [0, 0.1) is 118 Å². The van der Waals surface area contributed by atoms with Gasteiger partial charge in [-0.05, 0) is 22.3 Å². The Labute approximate surface area is 332 Å². The van der Waals surface area contributed by atoms with Crippen LogP contribution in [0.15, 0.2) is 94.5 Å². The summed E-state index contributed by atoms with van der Waals surface area (Å²) in [7, 11) is 1.48. The van der Waals surface area contributed by atoms with Gasteiger partial charge in [0.15, 0.2) is 5.65 Å². The van der Waals surface area contributed by atoms with Crippen LogP contribution in [0.25, 0.3) is 22.2 Å². The first-order chi connectivity index (χ1) is 24.3. The van der Waals surface area contributed by atoms with Gasteiger partial charge in [0.25, 0.3) is 5.56 Å². The van der Waals surface area contributed by atoms with E-state index in [-0.39, 0.29) is 53.5 Å². The van der Waals surface area contributed by atoms with Crippen molar-refractivity contribution in [3.63, 3.8) is 0 Å². The van der Waals surface area contributed by atoms with Gasteiger partial charge in [-0.1, -0.05) is 84.9 Å². The van der Waals surface area contributed by atoms with E-state index in [0.29, 0.717) is 24.0 Å². The number of rotatable bonds is 5. The fourth-order valence-electron chi connectivity index (χ4n) is 3.96. The van der Waals surface area contributed by atoms with Gasteiger partial charge in [-0.3, -0.25) is 19.0 Å². The molecule has 0 saturated carbocycles. The van der Waals surface area contributed by atoms with Crippen molar-refractivity contribution in [2.75, 3.05) is 0 Å². The molecule has 0 radical (unpaired) electrons. The molecule has 0 amide bonds. The first kappa shape index (κ1) is 51.5. The number of hydrogen-bond acceptors (Lipinski definition) is 18. The molecular formula is C26H26CeN10O17. The molecule has 5 rings (SSSR count). The maximum atomic E-state index is 12.9. The number of aromatic amines is 1. The van der Waals surface area contributed by atoms with Crippen molar-refractivity contribution in [1.82, 2.24) is 25.5 Å². The summed E-state index contributed by atoms with van der Waals surface area (Å²) in [4.78, 5) is 69.0. The van der Waals surface area contributed by atoms with E-state index in [1.165, 1.54) is 7.05 Å². The second kappa shape index (κ2) is 26.9. The van der Waals surface area contributed by atoms with E-state index in [1.54, 1.807) is 0 Å². The van der Waals surface area contributed by atoms with Crippen LogP contribution < -0.4 is 17.4 Å². The van der Waals surface area contributed by atoms with E-state index in [9.17, 15) is 9.59 Å². The SMILES string of the molecule is Cn1c(=O)[nH]c2nn(Cc3ccc(-c4ccccc4)cc3)c(Cc3ccccc3)c2c1=O.O=[N+]([O-])[O-].O=[N+]([O-])[O-].O=[N+]([O-])[O-].O=[N+]([O-])[O-].O=[N+]([O-])[O-].[Ce+4].[NH4+]. The van der Waals surface area contributed by atoms with E-state index in [0.717, 1.165) is 32.5 Å². The van der Waals surface area contributed by atoms with Crippen LogP contribution in [-0.4, -0.2) is 44.8 Å². The summed E-state index contributed by atoms with van der Waals surface area (Å²) in [6.07, 6.45) is 0.542. The summed E-state index contributed by atoms with van der Waals surface area (Å²) < 4.78 is 2.92. The molecule has 0 saturated heterocycles. The Hall–Kier alpha value is -6.85. The third kappa shape index (κ3) is 22.1. The minimum atomic E-state index is -1.75. The zero-order valence-electron chi connectivity index (χ0n) is 27.5. The molecule has 5 N–H and O–H groups in total. The molecule has 0 aliphatic heterocycles. The smallest absolute Gasteiger partial charge is 0.369 e. The molecule has 54 heavy (non-hydrogen) atoms. The number of fused-ring (bicyclic) bond motifs is 1. The van der Waals surface area contributed by atoms with Crippen molar-refractivity contribution in [1.29, 1.82) is 0 Å². The standard InChI is InChI=1S/C26H22N4O2.Ce.5NO3.H3N/c1-29-25(31)23-22(16-18-8-4-2-5-9-18)30(28-24(23)27-26(29)32)17-19-12-14-21(15-13-19)20-10-6-3-7-11-20;;5*2-1(3)4;/h2-15H,16-17H2,1H3,(H,27,28,32);;;;;;;1H3/q;+4;5*-1;/p+1. The summed E-state index contributed by atoms with van der Waals surface area (Å²) in [5.74, 6) is 0. The van der Waals surface area contributed by atoms with Crippen LogP contribution in [0.4, 0.5) is 0 Å². The molecule has 27 nitrogen and oxygen atoms in total.